The molecule has 0 fully saturated rings. The van der Waals surface area contributed by atoms with E-state index in [1.165, 1.54) is 0 Å². The lowest BCUT2D eigenvalue weighted by atomic mass is 9.90. The van der Waals surface area contributed by atoms with Gasteiger partial charge >= 0.3 is 6.18 Å². The summed E-state index contributed by atoms with van der Waals surface area (Å²) >= 11 is 4.89. The predicted molar refractivity (Wildman–Crippen MR) is 61.2 cm³/mol. The molecule has 6 heteroatoms. The average Bonchev–Trinajstić information content (AvgIpc) is 2.25. The Morgan fingerprint density at radius 3 is 2.47 bits per heavy atom. The van der Waals surface area contributed by atoms with Gasteiger partial charge in [-0.15, -0.1) is 0 Å². The Morgan fingerprint density at radius 1 is 1.24 bits per heavy atom. The fraction of sp³-hybridized carbons (Fsp3) is 0.455. The van der Waals surface area contributed by atoms with Crippen LogP contribution in [0.4, 0.5) is 13.2 Å². The summed E-state index contributed by atoms with van der Waals surface area (Å²) in [5, 5.41) is 7.11. The smallest absolute Gasteiger partial charge is 0.349 e. The first-order valence-corrected chi connectivity index (χ1v) is 5.71. The number of H-pyrrole nitrogens is 1. The number of fused-ring (bicyclic) bond motifs is 1. The summed E-state index contributed by atoms with van der Waals surface area (Å²) in [4.78, 5) is 2.82. The van der Waals surface area contributed by atoms with Crippen molar-refractivity contribution < 1.29 is 13.2 Å². The Morgan fingerprint density at radius 2 is 1.88 bits per heavy atom. The molecule has 0 saturated heterocycles. The van der Waals surface area contributed by atoms with E-state index in [1.54, 1.807) is 0 Å². The summed E-state index contributed by atoms with van der Waals surface area (Å²) in [7, 11) is 0. The molecular weight excluding hydrogens is 249 g/mol. The van der Waals surface area contributed by atoms with Crippen LogP contribution in [0.5, 0.6) is 0 Å². The van der Waals surface area contributed by atoms with Gasteiger partial charge < -0.3 is 10.4 Å². The molecule has 2 N–H and O–H groups in total. The van der Waals surface area contributed by atoms with Gasteiger partial charge in [0.1, 0.15) is 4.64 Å². The Labute approximate surface area is 101 Å². The first kappa shape index (κ1) is 12.3. The lowest BCUT2D eigenvalue weighted by Gasteiger charge is -2.22. The normalized spacial score (nSPS) is 15.5. The third kappa shape index (κ3) is 2.13. The van der Waals surface area contributed by atoms with E-state index in [1.807, 2.05) is 0 Å². The van der Waals surface area contributed by atoms with E-state index < -0.39 is 11.7 Å². The van der Waals surface area contributed by atoms with E-state index in [2.05, 4.69) is 4.98 Å². The number of hydrogen-bond acceptors (Lipinski definition) is 2. The molecular formula is C11H11F3N2S. The van der Waals surface area contributed by atoms with Gasteiger partial charge in [0.25, 0.3) is 0 Å². The van der Waals surface area contributed by atoms with Crippen molar-refractivity contribution in [1.82, 2.24) is 4.98 Å². The highest BCUT2D eigenvalue weighted by atomic mass is 32.1. The zero-order valence-corrected chi connectivity index (χ0v) is 9.76. The van der Waals surface area contributed by atoms with Gasteiger partial charge in [-0.1, -0.05) is 12.2 Å². The van der Waals surface area contributed by atoms with Gasteiger partial charge in [0.15, 0.2) is 0 Å². The minimum absolute atomic E-state index is 0.00738. The van der Waals surface area contributed by atoms with Crippen molar-refractivity contribution in [1.29, 1.82) is 5.41 Å². The van der Waals surface area contributed by atoms with Crippen LogP contribution < -0.4 is 0 Å². The van der Waals surface area contributed by atoms with E-state index in [0.29, 0.717) is 24.8 Å². The number of hydrogen-bond donors (Lipinski definition) is 2. The van der Waals surface area contributed by atoms with Crippen molar-refractivity contribution in [3.05, 3.63) is 27.0 Å². The number of aryl methyl sites for hydroxylation is 1. The fourth-order valence-corrected chi connectivity index (χ4v) is 2.55. The summed E-state index contributed by atoms with van der Waals surface area (Å²) in [5.74, 6) is 0. The molecule has 0 amide bonds. The van der Waals surface area contributed by atoms with Gasteiger partial charge in [0, 0.05) is 17.5 Å². The highest BCUT2D eigenvalue weighted by Crippen LogP contribution is 2.37. The maximum Gasteiger partial charge on any atom is 0.417 e. The molecule has 17 heavy (non-hydrogen) atoms. The number of halogens is 3. The highest BCUT2D eigenvalue weighted by Gasteiger charge is 2.37. The van der Waals surface area contributed by atoms with Crippen LogP contribution in [-0.4, -0.2) is 11.2 Å². The van der Waals surface area contributed by atoms with Crippen molar-refractivity contribution in [2.24, 2.45) is 0 Å². The van der Waals surface area contributed by atoms with Gasteiger partial charge in [-0.05, 0) is 31.2 Å². The molecule has 0 unspecified atom stereocenters. The van der Waals surface area contributed by atoms with Crippen LogP contribution in [0.2, 0.25) is 0 Å². The molecule has 1 aliphatic rings. The minimum atomic E-state index is -4.45. The van der Waals surface area contributed by atoms with E-state index in [4.69, 9.17) is 17.6 Å². The quantitative estimate of drug-likeness (QED) is 0.587. The van der Waals surface area contributed by atoms with Gasteiger partial charge in [-0.2, -0.15) is 13.2 Å². The second-order valence-corrected chi connectivity index (χ2v) is 4.46. The molecule has 2 nitrogen and oxygen atoms in total. The van der Waals surface area contributed by atoms with Crippen LogP contribution >= 0.6 is 12.2 Å². The maximum absolute atomic E-state index is 13.0. The van der Waals surface area contributed by atoms with Crippen LogP contribution in [0, 0.1) is 10.0 Å². The summed E-state index contributed by atoms with van der Waals surface area (Å²) in [5.41, 5.74) is -0.0610. The van der Waals surface area contributed by atoms with E-state index in [9.17, 15) is 13.2 Å². The molecule has 0 aliphatic heterocycles. The van der Waals surface area contributed by atoms with Crippen LogP contribution in [0.3, 0.4) is 0 Å². The van der Waals surface area contributed by atoms with Crippen molar-refractivity contribution in [3.8, 4) is 0 Å². The van der Waals surface area contributed by atoms with Gasteiger partial charge in [0.05, 0.1) is 5.56 Å². The van der Waals surface area contributed by atoms with Crippen molar-refractivity contribution in [3.63, 3.8) is 0 Å². The van der Waals surface area contributed by atoms with E-state index >= 15 is 0 Å². The first-order valence-electron chi connectivity index (χ1n) is 5.31. The number of aromatic amines is 1. The zero-order valence-electron chi connectivity index (χ0n) is 8.95. The standard InChI is InChI=1S/C11H11F3N2S/c12-11(13,14)9-6-3-1-2-4-8(6)16-10(17)7(9)5-15/h5,15H,1-4H2,(H,16,17). The molecule has 1 aliphatic carbocycles. The molecule has 92 valence electrons. The highest BCUT2D eigenvalue weighted by molar-refractivity contribution is 7.71. The lowest BCUT2D eigenvalue weighted by Crippen LogP contribution is -2.19. The van der Waals surface area contributed by atoms with Crippen LogP contribution in [0.15, 0.2) is 0 Å². The van der Waals surface area contributed by atoms with Gasteiger partial charge in [-0.3, -0.25) is 0 Å². The molecule has 0 radical (unpaired) electrons. The monoisotopic (exact) mass is 260 g/mol. The number of aromatic nitrogens is 1. The third-order valence-electron chi connectivity index (χ3n) is 2.98. The predicted octanol–water partition coefficient (Wildman–Crippen LogP) is 3.64. The Bertz CT molecular complexity index is 517. The Hall–Kier alpha value is -1.17. The Kier molecular flexibility index (Phi) is 3.07. The summed E-state index contributed by atoms with van der Waals surface area (Å²) in [6, 6.07) is 0. The molecule has 0 spiro atoms. The van der Waals surface area contributed by atoms with Crippen LogP contribution in [-0.2, 0) is 19.0 Å². The first-order chi connectivity index (χ1) is 7.95. The van der Waals surface area contributed by atoms with E-state index in [-0.39, 0.29) is 15.8 Å². The molecule has 2 rings (SSSR count). The molecule has 1 aromatic heterocycles. The van der Waals surface area contributed by atoms with Gasteiger partial charge in [-0.25, -0.2) is 0 Å². The number of nitrogens with one attached hydrogen (secondary N) is 2. The van der Waals surface area contributed by atoms with Crippen LogP contribution in [0.25, 0.3) is 0 Å². The average molecular weight is 260 g/mol. The maximum atomic E-state index is 13.0. The zero-order chi connectivity index (χ0) is 12.6. The Balaban J connectivity index is 2.80. The molecule has 1 heterocycles. The molecule has 0 atom stereocenters. The summed E-state index contributed by atoms with van der Waals surface area (Å²) in [6.07, 6.45) is -1.14. The largest absolute Gasteiger partial charge is 0.417 e. The topological polar surface area (TPSA) is 39.6 Å². The molecule has 0 saturated carbocycles. The summed E-state index contributed by atoms with van der Waals surface area (Å²) in [6.45, 7) is 0. The molecule has 0 bridgehead atoms. The number of pyridine rings is 1. The van der Waals surface area contributed by atoms with Crippen molar-refractivity contribution >= 4 is 18.4 Å². The molecule has 0 aromatic carbocycles. The fourth-order valence-electron chi connectivity index (χ4n) is 2.26. The van der Waals surface area contributed by atoms with Gasteiger partial charge in [0.2, 0.25) is 0 Å². The second-order valence-electron chi connectivity index (χ2n) is 4.05. The third-order valence-corrected chi connectivity index (χ3v) is 3.30. The lowest BCUT2D eigenvalue weighted by molar-refractivity contribution is -0.138. The second kappa shape index (κ2) is 4.25. The minimum Gasteiger partial charge on any atom is -0.349 e. The summed E-state index contributed by atoms with van der Waals surface area (Å²) < 4.78 is 39.1. The number of alkyl halides is 3. The van der Waals surface area contributed by atoms with Crippen molar-refractivity contribution in [2.75, 3.05) is 0 Å². The van der Waals surface area contributed by atoms with Crippen LogP contribution in [0.1, 0.15) is 35.2 Å². The molecule has 1 aromatic rings. The van der Waals surface area contributed by atoms with E-state index in [0.717, 1.165) is 12.8 Å². The SMILES string of the molecule is N=Cc1c(C(F)(F)F)c2c([nH]c1=S)CCCC2. The van der Waals surface area contributed by atoms with Crippen molar-refractivity contribution in [2.45, 2.75) is 31.9 Å². The number of rotatable bonds is 1.